The Morgan fingerprint density at radius 2 is 2.13 bits per heavy atom. The quantitative estimate of drug-likeness (QED) is 0.724. The minimum atomic E-state index is -0.0687. The molecule has 0 unspecified atom stereocenters. The van der Waals surface area contributed by atoms with Gasteiger partial charge in [0.25, 0.3) is 0 Å². The molecule has 0 atom stereocenters. The second-order valence-electron chi connectivity index (χ2n) is 6.24. The highest BCUT2D eigenvalue weighted by molar-refractivity contribution is 5.77. The summed E-state index contributed by atoms with van der Waals surface area (Å²) in [7, 11) is 1.52. The van der Waals surface area contributed by atoms with Gasteiger partial charge < -0.3 is 14.6 Å². The minimum absolute atomic E-state index is 0.0687. The number of fused-ring (bicyclic) bond motifs is 1. The first-order valence-corrected chi connectivity index (χ1v) is 8.31. The molecule has 0 spiro atoms. The van der Waals surface area contributed by atoms with Gasteiger partial charge in [-0.1, -0.05) is 26.0 Å². The van der Waals surface area contributed by atoms with E-state index in [1.165, 1.54) is 12.6 Å². The van der Waals surface area contributed by atoms with Crippen LogP contribution in [0, 0.1) is 5.92 Å². The number of methoxy groups -OCH3 is 1. The highest BCUT2D eigenvalue weighted by atomic mass is 16.5. The molecule has 0 saturated heterocycles. The summed E-state index contributed by atoms with van der Waals surface area (Å²) in [6.45, 7) is 6.24. The fourth-order valence-electron chi connectivity index (χ4n) is 2.61. The molecule has 0 radical (unpaired) electrons. The highest BCUT2D eigenvalue weighted by Gasteiger charge is 2.10. The highest BCUT2D eigenvalue weighted by Crippen LogP contribution is 2.18. The number of nitrogens with zero attached hydrogens (tertiary/aromatic N) is 2. The second-order valence-corrected chi connectivity index (χ2v) is 6.24. The summed E-state index contributed by atoms with van der Waals surface area (Å²) in [6.07, 6.45) is 2.87. The number of carbonyl (C=O) groups is 1. The first kappa shape index (κ1) is 17.5. The molecule has 0 bridgehead atoms. The minimum Gasteiger partial charge on any atom is -0.375 e. The number of benzene rings is 1. The summed E-state index contributed by atoms with van der Waals surface area (Å²) in [5.74, 6) is 1.70. The number of aromatic nitrogens is 2. The number of rotatable bonds is 9. The van der Waals surface area contributed by atoms with Crippen LogP contribution in [0.25, 0.3) is 11.0 Å². The molecule has 5 nitrogen and oxygen atoms in total. The zero-order valence-electron chi connectivity index (χ0n) is 14.3. The number of hydrogen-bond donors (Lipinski definition) is 1. The van der Waals surface area contributed by atoms with Crippen molar-refractivity contribution in [1.82, 2.24) is 14.9 Å². The van der Waals surface area contributed by atoms with E-state index in [2.05, 4.69) is 41.9 Å². The summed E-state index contributed by atoms with van der Waals surface area (Å²) >= 11 is 0. The van der Waals surface area contributed by atoms with Crippen LogP contribution >= 0.6 is 0 Å². The smallest absolute Gasteiger partial charge is 0.245 e. The maximum Gasteiger partial charge on any atom is 0.245 e. The van der Waals surface area contributed by atoms with Crippen molar-refractivity contribution in [2.24, 2.45) is 5.92 Å². The van der Waals surface area contributed by atoms with Gasteiger partial charge in [-0.2, -0.15) is 0 Å². The zero-order valence-corrected chi connectivity index (χ0v) is 14.3. The lowest BCUT2D eigenvalue weighted by Gasteiger charge is -2.11. The van der Waals surface area contributed by atoms with Crippen molar-refractivity contribution in [2.75, 3.05) is 20.3 Å². The summed E-state index contributed by atoms with van der Waals surface area (Å²) in [6, 6.07) is 8.28. The predicted molar refractivity (Wildman–Crippen MR) is 92.4 cm³/mol. The molecular weight excluding hydrogens is 290 g/mol. The molecule has 2 rings (SSSR count). The molecule has 1 aromatic heterocycles. The van der Waals surface area contributed by atoms with Gasteiger partial charge in [-0.3, -0.25) is 4.79 Å². The fourth-order valence-corrected chi connectivity index (χ4v) is 2.61. The molecule has 1 N–H and O–H groups in total. The van der Waals surface area contributed by atoms with Crippen molar-refractivity contribution < 1.29 is 9.53 Å². The van der Waals surface area contributed by atoms with Gasteiger partial charge in [-0.05, 0) is 30.9 Å². The SMILES string of the molecule is COCC(=O)NCCCc1nc2ccccc2n1CCC(C)C. The van der Waals surface area contributed by atoms with Crippen molar-refractivity contribution in [1.29, 1.82) is 0 Å². The number of aryl methyl sites for hydroxylation is 2. The Balaban J connectivity index is 2.00. The molecule has 0 aliphatic heterocycles. The van der Waals surface area contributed by atoms with Crippen LogP contribution in [0.1, 0.15) is 32.5 Å². The molecular formula is C18H27N3O2. The lowest BCUT2D eigenvalue weighted by molar-refractivity contribution is -0.124. The number of ether oxygens (including phenoxy) is 1. The van der Waals surface area contributed by atoms with Crippen molar-refractivity contribution in [2.45, 2.75) is 39.7 Å². The van der Waals surface area contributed by atoms with Gasteiger partial charge in [-0.15, -0.1) is 0 Å². The number of imidazole rings is 1. The molecule has 2 aromatic rings. The Hall–Kier alpha value is -1.88. The van der Waals surface area contributed by atoms with Crippen molar-refractivity contribution in [3.8, 4) is 0 Å². The van der Waals surface area contributed by atoms with Gasteiger partial charge >= 0.3 is 0 Å². The Morgan fingerprint density at radius 3 is 2.87 bits per heavy atom. The van der Waals surface area contributed by atoms with E-state index in [1.807, 2.05) is 6.07 Å². The number of carbonyl (C=O) groups excluding carboxylic acids is 1. The lowest BCUT2D eigenvalue weighted by Crippen LogP contribution is -2.28. The normalized spacial score (nSPS) is 11.3. The van der Waals surface area contributed by atoms with E-state index in [4.69, 9.17) is 9.72 Å². The first-order chi connectivity index (χ1) is 11.1. The largest absolute Gasteiger partial charge is 0.375 e. The number of hydrogen-bond acceptors (Lipinski definition) is 3. The number of amides is 1. The molecule has 0 saturated carbocycles. The fraction of sp³-hybridized carbons (Fsp3) is 0.556. The predicted octanol–water partition coefficient (Wildman–Crippen LogP) is 2.78. The molecule has 5 heteroatoms. The van der Waals surface area contributed by atoms with Crippen molar-refractivity contribution in [3.63, 3.8) is 0 Å². The Bertz CT molecular complexity index is 634. The van der Waals surface area contributed by atoms with Gasteiger partial charge in [-0.25, -0.2) is 4.98 Å². The standard InChI is InChI=1S/C18H27N3O2/c1-14(2)10-12-21-16-8-5-4-7-15(16)20-17(21)9-6-11-19-18(22)13-23-3/h4-5,7-8,14H,6,9-13H2,1-3H3,(H,19,22). The van der Waals surface area contributed by atoms with Gasteiger partial charge in [0.2, 0.25) is 5.91 Å². The van der Waals surface area contributed by atoms with E-state index in [-0.39, 0.29) is 12.5 Å². The van der Waals surface area contributed by atoms with E-state index in [0.717, 1.165) is 37.1 Å². The topological polar surface area (TPSA) is 56.1 Å². The molecule has 0 aliphatic carbocycles. The summed E-state index contributed by atoms with van der Waals surface area (Å²) in [5, 5.41) is 2.86. The first-order valence-electron chi connectivity index (χ1n) is 8.31. The maximum absolute atomic E-state index is 11.4. The van der Waals surface area contributed by atoms with E-state index < -0.39 is 0 Å². The molecule has 0 fully saturated rings. The third kappa shape index (κ3) is 5.06. The van der Waals surface area contributed by atoms with Crippen LogP contribution in [0.15, 0.2) is 24.3 Å². The second kappa shape index (κ2) is 8.67. The van der Waals surface area contributed by atoms with Gasteiger partial charge in [0.05, 0.1) is 11.0 Å². The van der Waals surface area contributed by atoms with E-state index in [9.17, 15) is 4.79 Å². The third-order valence-electron chi connectivity index (χ3n) is 3.84. The third-order valence-corrected chi connectivity index (χ3v) is 3.84. The Morgan fingerprint density at radius 1 is 1.35 bits per heavy atom. The maximum atomic E-state index is 11.4. The average molecular weight is 317 g/mol. The van der Waals surface area contributed by atoms with E-state index in [0.29, 0.717) is 12.5 Å². The van der Waals surface area contributed by atoms with Crippen LogP contribution in [0.3, 0.4) is 0 Å². The average Bonchev–Trinajstić information content (AvgIpc) is 2.87. The van der Waals surface area contributed by atoms with Crippen LogP contribution in [0.5, 0.6) is 0 Å². The molecule has 1 heterocycles. The molecule has 23 heavy (non-hydrogen) atoms. The van der Waals surface area contributed by atoms with E-state index >= 15 is 0 Å². The molecule has 0 aliphatic rings. The Kier molecular flexibility index (Phi) is 6.59. The molecule has 126 valence electrons. The number of nitrogens with one attached hydrogen (secondary N) is 1. The van der Waals surface area contributed by atoms with Gasteiger partial charge in [0.1, 0.15) is 12.4 Å². The molecule has 1 amide bonds. The van der Waals surface area contributed by atoms with Crippen LogP contribution in [-0.2, 0) is 22.5 Å². The van der Waals surface area contributed by atoms with Crippen molar-refractivity contribution in [3.05, 3.63) is 30.1 Å². The summed E-state index contributed by atoms with van der Waals surface area (Å²) in [4.78, 5) is 16.2. The van der Waals surface area contributed by atoms with Gasteiger partial charge in [0, 0.05) is 26.6 Å². The monoisotopic (exact) mass is 317 g/mol. The summed E-state index contributed by atoms with van der Waals surface area (Å²) < 4.78 is 7.13. The molecule has 1 aromatic carbocycles. The van der Waals surface area contributed by atoms with E-state index in [1.54, 1.807) is 0 Å². The van der Waals surface area contributed by atoms with Crippen LogP contribution in [-0.4, -0.2) is 35.7 Å². The summed E-state index contributed by atoms with van der Waals surface area (Å²) in [5.41, 5.74) is 2.25. The van der Waals surface area contributed by atoms with Crippen LogP contribution in [0.2, 0.25) is 0 Å². The lowest BCUT2D eigenvalue weighted by atomic mass is 10.1. The number of para-hydroxylation sites is 2. The van der Waals surface area contributed by atoms with Crippen LogP contribution < -0.4 is 5.32 Å². The van der Waals surface area contributed by atoms with Crippen molar-refractivity contribution >= 4 is 16.9 Å². The van der Waals surface area contributed by atoms with Gasteiger partial charge in [0.15, 0.2) is 0 Å². The van der Waals surface area contributed by atoms with Crippen LogP contribution in [0.4, 0.5) is 0 Å². The Labute approximate surface area is 138 Å². The zero-order chi connectivity index (χ0) is 16.7.